The van der Waals surface area contributed by atoms with Crippen LogP contribution in [-0.2, 0) is 27.7 Å². The van der Waals surface area contributed by atoms with Crippen LogP contribution in [0.5, 0.6) is 0 Å². The molecule has 1 aromatic rings. The minimum absolute atomic E-state index is 0.0556. The van der Waals surface area contributed by atoms with Gasteiger partial charge in [-0.1, -0.05) is 25.1 Å². The SMILES string of the molecule is CCc1cccc(CC(=O)O)c1S(N)(=O)=O. The van der Waals surface area contributed by atoms with Crippen molar-refractivity contribution in [2.45, 2.75) is 24.7 Å². The van der Waals surface area contributed by atoms with Gasteiger partial charge in [-0.2, -0.15) is 0 Å². The third-order valence-corrected chi connectivity index (χ3v) is 3.28. The molecule has 0 aromatic heterocycles. The molecule has 3 N–H and O–H groups in total. The maximum Gasteiger partial charge on any atom is 0.307 e. The fraction of sp³-hybridized carbons (Fsp3) is 0.300. The molecule has 0 saturated carbocycles. The van der Waals surface area contributed by atoms with Crippen LogP contribution in [0, 0.1) is 0 Å². The normalized spacial score (nSPS) is 11.4. The number of carbonyl (C=O) groups is 1. The minimum Gasteiger partial charge on any atom is -0.481 e. The Bertz CT molecular complexity index is 508. The molecule has 0 saturated heterocycles. The second kappa shape index (κ2) is 4.63. The Balaban J connectivity index is 3.44. The molecular weight excluding hydrogens is 230 g/mol. The summed E-state index contributed by atoms with van der Waals surface area (Å²) in [5, 5.41) is 13.8. The number of rotatable bonds is 4. The van der Waals surface area contributed by atoms with Gasteiger partial charge in [-0.25, -0.2) is 13.6 Å². The van der Waals surface area contributed by atoms with Crippen molar-refractivity contribution in [1.29, 1.82) is 0 Å². The van der Waals surface area contributed by atoms with Crippen LogP contribution in [0.2, 0.25) is 0 Å². The smallest absolute Gasteiger partial charge is 0.307 e. The van der Waals surface area contributed by atoms with Crippen molar-refractivity contribution < 1.29 is 18.3 Å². The van der Waals surface area contributed by atoms with Crippen molar-refractivity contribution in [3.63, 3.8) is 0 Å². The van der Waals surface area contributed by atoms with Crippen LogP contribution in [0.1, 0.15) is 18.1 Å². The van der Waals surface area contributed by atoms with Gasteiger partial charge in [-0.15, -0.1) is 0 Å². The number of nitrogens with two attached hydrogens (primary N) is 1. The van der Waals surface area contributed by atoms with Gasteiger partial charge in [0.15, 0.2) is 0 Å². The first-order valence-electron chi connectivity index (χ1n) is 4.71. The zero-order chi connectivity index (χ0) is 12.3. The highest BCUT2D eigenvalue weighted by atomic mass is 32.2. The van der Waals surface area contributed by atoms with Crippen molar-refractivity contribution in [1.82, 2.24) is 0 Å². The van der Waals surface area contributed by atoms with E-state index in [0.29, 0.717) is 12.0 Å². The van der Waals surface area contributed by atoms with E-state index in [1.165, 1.54) is 6.07 Å². The summed E-state index contributed by atoms with van der Waals surface area (Å²) in [7, 11) is -3.89. The third-order valence-electron chi connectivity index (χ3n) is 2.19. The summed E-state index contributed by atoms with van der Waals surface area (Å²) in [6, 6.07) is 4.73. The first-order valence-corrected chi connectivity index (χ1v) is 6.26. The molecule has 0 aliphatic heterocycles. The molecule has 0 heterocycles. The van der Waals surface area contributed by atoms with Crippen LogP contribution >= 0.6 is 0 Å². The molecule has 0 bridgehead atoms. The average Bonchev–Trinajstić information content (AvgIpc) is 2.14. The van der Waals surface area contributed by atoms with Crippen molar-refractivity contribution in [3.05, 3.63) is 29.3 Å². The van der Waals surface area contributed by atoms with Crippen molar-refractivity contribution in [2.75, 3.05) is 0 Å². The molecule has 0 spiro atoms. The molecule has 1 aromatic carbocycles. The molecule has 0 atom stereocenters. The Labute approximate surface area is 93.9 Å². The van der Waals surface area contributed by atoms with Crippen LogP contribution in [0.25, 0.3) is 0 Å². The third kappa shape index (κ3) is 2.80. The summed E-state index contributed by atoms with van der Waals surface area (Å²) in [4.78, 5) is 10.6. The lowest BCUT2D eigenvalue weighted by molar-refractivity contribution is -0.136. The molecule has 0 fully saturated rings. The van der Waals surface area contributed by atoms with E-state index in [0.717, 1.165) is 0 Å². The van der Waals surface area contributed by atoms with Gasteiger partial charge in [0, 0.05) is 0 Å². The highest BCUT2D eigenvalue weighted by Gasteiger charge is 2.19. The van der Waals surface area contributed by atoms with Crippen LogP contribution in [-0.4, -0.2) is 19.5 Å². The highest BCUT2D eigenvalue weighted by Crippen LogP contribution is 2.20. The zero-order valence-electron chi connectivity index (χ0n) is 8.80. The first-order chi connectivity index (χ1) is 7.36. The van der Waals surface area contributed by atoms with E-state index in [1.54, 1.807) is 19.1 Å². The summed E-state index contributed by atoms with van der Waals surface area (Å²) in [5.74, 6) is -1.09. The first kappa shape index (κ1) is 12.7. The van der Waals surface area contributed by atoms with Gasteiger partial charge < -0.3 is 5.11 Å². The van der Waals surface area contributed by atoms with Crippen LogP contribution in [0.15, 0.2) is 23.1 Å². The predicted octanol–water partition coefficient (Wildman–Crippen LogP) is 0.524. The number of aryl methyl sites for hydroxylation is 1. The van der Waals surface area contributed by atoms with Gasteiger partial charge in [-0.3, -0.25) is 4.79 Å². The number of sulfonamides is 1. The standard InChI is InChI=1S/C10H13NO4S/c1-2-7-4-3-5-8(6-9(12)13)10(7)16(11,14)15/h3-5H,2,6H2,1H3,(H,12,13)(H2,11,14,15). The fourth-order valence-corrected chi connectivity index (χ4v) is 2.67. The Morgan fingerprint density at radius 3 is 2.38 bits per heavy atom. The summed E-state index contributed by atoms with van der Waals surface area (Å²) in [6.07, 6.45) is 0.138. The summed E-state index contributed by atoms with van der Waals surface area (Å²) < 4.78 is 22.8. The van der Waals surface area contributed by atoms with Gasteiger partial charge in [0.25, 0.3) is 0 Å². The number of hydrogen-bond acceptors (Lipinski definition) is 3. The largest absolute Gasteiger partial charge is 0.481 e. The molecule has 0 radical (unpaired) electrons. The molecule has 5 nitrogen and oxygen atoms in total. The molecule has 88 valence electrons. The summed E-state index contributed by atoms with van der Waals surface area (Å²) in [5.41, 5.74) is 0.774. The number of benzene rings is 1. The molecule has 6 heteroatoms. The number of hydrogen-bond donors (Lipinski definition) is 2. The van der Waals surface area contributed by atoms with E-state index in [-0.39, 0.29) is 16.9 Å². The molecule has 0 amide bonds. The molecule has 1 rings (SSSR count). The Morgan fingerprint density at radius 2 is 1.94 bits per heavy atom. The Kier molecular flexibility index (Phi) is 3.66. The quantitative estimate of drug-likeness (QED) is 0.805. The van der Waals surface area contributed by atoms with E-state index >= 15 is 0 Å². The lowest BCUT2D eigenvalue weighted by Crippen LogP contribution is -2.18. The lowest BCUT2D eigenvalue weighted by Gasteiger charge is -2.10. The number of aliphatic carboxylic acids is 1. The van der Waals surface area contributed by atoms with E-state index in [2.05, 4.69) is 0 Å². The number of carboxylic acids is 1. The molecule has 16 heavy (non-hydrogen) atoms. The van der Waals surface area contributed by atoms with E-state index in [9.17, 15) is 13.2 Å². The Hall–Kier alpha value is -1.40. The monoisotopic (exact) mass is 243 g/mol. The second-order valence-corrected chi connectivity index (χ2v) is 4.87. The highest BCUT2D eigenvalue weighted by molar-refractivity contribution is 7.89. The maximum absolute atomic E-state index is 11.4. The fourth-order valence-electron chi connectivity index (χ4n) is 1.58. The van der Waals surface area contributed by atoms with Crippen LogP contribution in [0.3, 0.4) is 0 Å². The maximum atomic E-state index is 11.4. The van der Waals surface area contributed by atoms with Gasteiger partial charge in [0.1, 0.15) is 0 Å². The molecule has 0 unspecified atom stereocenters. The van der Waals surface area contributed by atoms with Crippen LogP contribution in [0.4, 0.5) is 0 Å². The van der Waals surface area contributed by atoms with E-state index in [4.69, 9.17) is 10.2 Å². The van der Waals surface area contributed by atoms with Gasteiger partial charge in [0.05, 0.1) is 11.3 Å². The van der Waals surface area contributed by atoms with Crippen molar-refractivity contribution in [2.24, 2.45) is 5.14 Å². The number of primary sulfonamides is 1. The molecule has 0 aliphatic rings. The van der Waals surface area contributed by atoms with E-state index in [1.807, 2.05) is 0 Å². The van der Waals surface area contributed by atoms with E-state index < -0.39 is 16.0 Å². The van der Waals surface area contributed by atoms with Gasteiger partial charge in [0.2, 0.25) is 10.0 Å². The van der Waals surface area contributed by atoms with Crippen molar-refractivity contribution >= 4 is 16.0 Å². The second-order valence-electron chi connectivity index (χ2n) is 3.37. The van der Waals surface area contributed by atoms with Gasteiger partial charge >= 0.3 is 5.97 Å². The molecule has 0 aliphatic carbocycles. The van der Waals surface area contributed by atoms with Gasteiger partial charge in [-0.05, 0) is 17.5 Å². The Morgan fingerprint density at radius 1 is 1.38 bits per heavy atom. The van der Waals surface area contributed by atoms with Crippen molar-refractivity contribution in [3.8, 4) is 0 Å². The summed E-state index contributed by atoms with van der Waals surface area (Å²) in [6.45, 7) is 1.79. The van der Waals surface area contributed by atoms with Crippen LogP contribution < -0.4 is 5.14 Å². The number of carboxylic acid groups (broad SMARTS) is 1. The average molecular weight is 243 g/mol. The zero-order valence-corrected chi connectivity index (χ0v) is 9.62. The summed E-state index contributed by atoms with van der Waals surface area (Å²) >= 11 is 0. The predicted molar refractivity (Wildman–Crippen MR) is 58.5 cm³/mol. The molecular formula is C10H13NO4S. The topological polar surface area (TPSA) is 97.5 Å². The lowest BCUT2D eigenvalue weighted by atomic mass is 10.1. The minimum atomic E-state index is -3.89.